The number of nitrogens with two attached hydrogens (primary N) is 1. The molecule has 0 saturated heterocycles. The first-order chi connectivity index (χ1) is 7.78. The van der Waals surface area contributed by atoms with Crippen LogP contribution in [0.3, 0.4) is 0 Å². The highest BCUT2D eigenvalue weighted by Crippen LogP contribution is 2.22. The highest BCUT2D eigenvalue weighted by atomic mass is 14.9. The predicted molar refractivity (Wildman–Crippen MR) is 67.6 cm³/mol. The second kappa shape index (κ2) is 4.66. The van der Waals surface area contributed by atoms with E-state index in [-0.39, 0.29) is 0 Å². The molecule has 1 atom stereocenters. The van der Waals surface area contributed by atoms with Crippen LogP contribution in [0.4, 0.5) is 0 Å². The van der Waals surface area contributed by atoms with Crippen molar-refractivity contribution in [2.75, 3.05) is 6.54 Å². The minimum Gasteiger partial charge on any atom is -0.342 e. The summed E-state index contributed by atoms with van der Waals surface area (Å²) >= 11 is 0. The summed E-state index contributed by atoms with van der Waals surface area (Å²) in [7, 11) is 0. The number of hydrogen-bond acceptors (Lipinski definition) is 2. The summed E-state index contributed by atoms with van der Waals surface area (Å²) in [5, 5.41) is 0. The Bertz CT molecular complexity index is 469. The van der Waals surface area contributed by atoms with Gasteiger partial charge >= 0.3 is 0 Å². The molecule has 0 amide bonds. The van der Waals surface area contributed by atoms with Crippen molar-refractivity contribution in [2.45, 2.75) is 32.6 Å². The molecule has 3 heteroatoms. The van der Waals surface area contributed by atoms with E-state index in [4.69, 9.17) is 5.73 Å². The van der Waals surface area contributed by atoms with E-state index in [9.17, 15) is 0 Å². The number of aromatic nitrogens is 2. The maximum absolute atomic E-state index is 5.76. The number of H-pyrrole nitrogens is 1. The molecular weight excluding hydrogens is 198 g/mol. The van der Waals surface area contributed by atoms with Gasteiger partial charge in [-0.25, -0.2) is 4.98 Å². The van der Waals surface area contributed by atoms with Crippen LogP contribution in [0, 0.1) is 0 Å². The monoisotopic (exact) mass is 217 g/mol. The Morgan fingerprint density at radius 1 is 1.38 bits per heavy atom. The van der Waals surface area contributed by atoms with Crippen molar-refractivity contribution in [1.29, 1.82) is 0 Å². The minimum absolute atomic E-state index is 0.456. The molecule has 0 saturated carbocycles. The summed E-state index contributed by atoms with van der Waals surface area (Å²) < 4.78 is 0. The fourth-order valence-electron chi connectivity index (χ4n) is 2.04. The molecule has 0 fully saturated rings. The van der Waals surface area contributed by atoms with E-state index in [0.717, 1.165) is 29.7 Å². The fourth-order valence-corrected chi connectivity index (χ4v) is 2.04. The average Bonchev–Trinajstić information content (AvgIpc) is 2.73. The molecule has 86 valence electrons. The molecule has 0 spiro atoms. The number of nitrogens with one attached hydrogen (secondary N) is 1. The van der Waals surface area contributed by atoms with Gasteiger partial charge < -0.3 is 10.7 Å². The van der Waals surface area contributed by atoms with Crippen LogP contribution in [0.15, 0.2) is 18.2 Å². The van der Waals surface area contributed by atoms with Crippen LogP contribution in [0.25, 0.3) is 11.0 Å². The molecule has 3 nitrogen and oxygen atoms in total. The molecule has 0 radical (unpaired) electrons. The summed E-state index contributed by atoms with van der Waals surface area (Å²) in [4.78, 5) is 7.83. The molecule has 1 heterocycles. The number of hydrogen-bond donors (Lipinski definition) is 2. The Kier molecular flexibility index (Phi) is 3.25. The van der Waals surface area contributed by atoms with Gasteiger partial charge in [0, 0.05) is 6.42 Å². The topological polar surface area (TPSA) is 54.7 Å². The largest absolute Gasteiger partial charge is 0.342 e. The summed E-state index contributed by atoms with van der Waals surface area (Å²) in [6.45, 7) is 4.98. The second-order valence-corrected chi connectivity index (χ2v) is 4.15. The van der Waals surface area contributed by atoms with E-state index in [1.807, 2.05) is 0 Å². The summed E-state index contributed by atoms with van der Waals surface area (Å²) in [5.74, 6) is 1.51. The molecule has 0 aliphatic rings. The quantitative estimate of drug-likeness (QED) is 0.827. The third kappa shape index (κ3) is 1.95. The van der Waals surface area contributed by atoms with Crippen LogP contribution in [0.2, 0.25) is 0 Å². The zero-order valence-electron chi connectivity index (χ0n) is 9.96. The van der Waals surface area contributed by atoms with E-state index in [1.54, 1.807) is 0 Å². The normalized spacial score (nSPS) is 13.2. The Morgan fingerprint density at radius 2 is 2.19 bits per heavy atom. The molecule has 0 bridgehead atoms. The van der Waals surface area contributed by atoms with Gasteiger partial charge in [-0.2, -0.15) is 0 Å². The van der Waals surface area contributed by atoms with Gasteiger partial charge in [-0.3, -0.25) is 0 Å². The molecule has 0 aliphatic carbocycles. The van der Waals surface area contributed by atoms with Crippen molar-refractivity contribution in [3.63, 3.8) is 0 Å². The Morgan fingerprint density at radius 3 is 2.81 bits per heavy atom. The van der Waals surface area contributed by atoms with Gasteiger partial charge in [-0.15, -0.1) is 0 Å². The molecule has 1 aromatic carbocycles. The number of imidazole rings is 1. The number of nitrogens with zero attached hydrogens (tertiary/aromatic N) is 1. The lowest BCUT2D eigenvalue weighted by Gasteiger charge is -2.11. The first kappa shape index (κ1) is 11.1. The van der Waals surface area contributed by atoms with Gasteiger partial charge in [-0.05, 0) is 36.6 Å². The van der Waals surface area contributed by atoms with Gasteiger partial charge in [0.1, 0.15) is 5.82 Å². The SMILES string of the molecule is CCc1nc2ccc(C(CC)CN)cc2[nH]1. The zero-order valence-corrected chi connectivity index (χ0v) is 9.96. The third-order valence-corrected chi connectivity index (χ3v) is 3.14. The Labute approximate surface area is 96.1 Å². The molecule has 16 heavy (non-hydrogen) atoms. The number of aryl methyl sites for hydroxylation is 1. The molecule has 1 aromatic heterocycles. The second-order valence-electron chi connectivity index (χ2n) is 4.15. The standard InChI is InChI=1S/C13H19N3/c1-3-9(8-14)10-5-6-11-12(7-10)16-13(4-2)15-11/h5-7,9H,3-4,8,14H2,1-2H3,(H,15,16). The highest BCUT2D eigenvalue weighted by molar-refractivity contribution is 5.76. The number of rotatable bonds is 4. The van der Waals surface area contributed by atoms with Crippen LogP contribution >= 0.6 is 0 Å². The van der Waals surface area contributed by atoms with E-state index >= 15 is 0 Å². The van der Waals surface area contributed by atoms with Crippen molar-refractivity contribution in [1.82, 2.24) is 9.97 Å². The van der Waals surface area contributed by atoms with Crippen molar-refractivity contribution < 1.29 is 0 Å². The van der Waals surface area contributed by atoms with Gasteiger partial charge in [0.25, 0.3) is 0 Å². The molecule has 2 rings (SSSR count). The summed E-state index contributed by atoms with van der Waals surface area (Å²) in [6, 6.07) is 6.41. The fraction of sp³-hybridized carbons (Fsp3) is 0.462. The summed E-state index contributed by atoms with van der Waals surface area (Å²) in [5.41, 5.74) is 9.25. The predicted octanol–water partition coefficient (Wildman–Crippen LogP) is 2.58. The van der Waals surface area contributed by atoms with Gasteiger partial charge in [0.2, 0.25) is 0 Å². The van der Waals surface area contributed by atoms with Crippen LogP contribution in [0.1, 0.15) is 37.6 Å². The van der Waals surface area contributed by atoms with Crippen LogP contribution in [-0.2, 0) is 6.42 Å². The molecule has 2 aromatic rings. The van der Waals surface area contributed by atoms with E-state index < -0.39 is 0 Å². The maximum Gasteiger partial charge on any atom is 0.106 e. The highest BCUT2D eigenvalue weighted by Gasteiger charge is 2.09. The first-order valence-electron chi connectivity index (χ1n) is 5.97. The zero-order chi connectivity index (χ0) is 11.5. The van der Waals surface area contributed by atoms with Crippen molar-refractivity contribution in [3.8, 4) is 0 Å². The third-order valence-electron chi connectivity index (χ3n) is 3.14. The molecular formula is C13H19N3. The molecule has 3 N–H and O–H groups in total. The van der Waals surface area contributed by atoms with Crippen molar-refractivity contribution in [3.05, 3.63) is 29.6 Å². The van der Waals surface area contributed by atoms with Crippen molar-refractivity contribution >= 4 is 11.0 Å². The smallest absolute Gasteiger partial charge is 0.106 e. The first-order valence-corrected chi connectivity index (χ1v) is 5.97. The van der Waals surface area contributed by atoms with Crippen molar-refractivity contribution in [2.24, 2.45) is 5.73 Å². The Balaban J connectivity index is 2.42. The lowest BCUT2D eigenvalue weighted by Crippen LogP contribution is -2.11. The van der Waals surface area contributed by atoms with Crippen LogP contribution < -0.4 is 5.73 Å². The minimum atomic E-state index is 0.456. The summed E-state index contributed by atoms with van der Waals surface area (Å²) in [6.07, 6.45) is 2.02. The average molecular weight is 217 g/mol. The Hall–Kier alpha value is -1.35. The van der Waals surface area contributed by atoms with E-state index in [2.05, 4.69) is 42.0 Å². The van der Waals surface area contributed by atoms with E-state index in [1.165, 1.54) is 5.56 Å². The number of fused-ring (bicyclic) bond motifs is 1. The van der Waals surface area contributed by atoms with E-state index in [0.29, 0.717) is 12.5 Å². The maximum atomic E-state index is 5.76. The molecule has 1 unspecified atom stereocenters. The number of aromatic amines is 1. The number of benzene rings is 1. The molecule has 0 aliphatic heterocycles. The lowest BCUT2D eigenvalue weighted by molar-refractivity contribution is 0.675. The van der Waals surface area contributed by atoms with Gasteiger partial charge in [0.15, 0.2) is 0 Å². The lowest BCUT2D eigenvalue weighted by atomic mass is 9.96. The van der Waals surface area contributed by atoms with Crippen LogP contribution in [-0.4, -0.2) is 16.5 Å². The van der Waals surface area contributed by atoms with Crippen LogP contribution in [0.5, 0.6) is 0 Å². The van der Waals surface area contributed by atoms with Gasteiger partial charge in [-0.1, -0.05) is 19.9 Å². The van der Waals surface area contributed by atoms with Gasteiger partial charge in [0.05, 0.1) is 11.0 Å².